The Labute approximate surface area is 81.2 Å². The van der Waals surface area contributed by atoms with E-state index in [4.69, 9.17) is 4.74 Å². The van der Waals surface area contributed by atoms with E-state index in [9.17, 15) is 0 Å². The summed E-state index contributed by atoms with van der Waals surface area (Å²) in [5.41, 5.74) is 0. The summed E-state index contributed by atoms with van der Waals surface area (Å²) in [6, 6.07) is 8.20. The maximum absolute atomic E-state index is 5.28. The Morgan fingerprint density at radius 2 is 2.14 bits per heavy atom. The predicted molar refractivity (Wildman–Crippen MR) is 55.9 cm³/mol. The fourth-order valence-electron chi connectivity index (χ4n) is 1.75. The third-order valence-corrected chi connectivity index (χ3v) is 2.44. The van der Waals surface area contributed by atoms with Crippen LogP contribution in [0.3, 0.4) is 0 Å². The number of fused-ring (bicyclic) bond motifs is 3. The van der Waals surface area contributed by atoms with Gasteiger partial charge >= 0.3 is 0 Å². The van der Waals surface area contributed by atoms with Crippen molar-refractivity contribution in [3.63, 3.8) is 0 Å². The van der Waals surface area contributed by atoms with Gasteiger partial charge in [-0.3, -0.25) is 4.98 Å². The van der Waals surface area contributed by atoms with Gasteiger partial charge in [-0.2, -0.15) is 0 Å². The van der Waals surface area contributed by atoms with Crippen LogP contribution < -0.4 is 10.6 Å². The molecule has 2 nitrogen and oxygen atoms in total. The van der Waals surface area contributed by atoms with Crippen LogP contribution in [0.15, 0.2) is 30.5 Å². The minimum Gasteiger partial charge on any atom is -0.496 e. The second kappa shape index (κ2) is 2.84. The Kier molecular flexibility index (Phi) is 1.53. The second-order valence-corrected chi connectivity index (χ2v) is 3.30. The van der Waals surface area contributed by atoms with Crippen LogP contribution >= 0.6 is 0 Å². The average molecular weight is 183 g/mol. The maximum Gasteiger partial charge on any atom is 0.108 e. The lowest BCUT2D eigenvalue weighted by Gasteiger charge is -2.04. The molecule has 0 unspecified atom stereocenters. The molecular weight excluding hydrogens is 174 g/mol. The molecule has 0 N–H and O–H groups in total. The molecule has 0 aliphatic carbocycles. The summed E-state index contributed by atoms with van der Waals surface area (Å²) in [6.07, 6.45) is 5.70. The minimum atomic E-state index is 0.623. The molecule has 1 aliphatic heterocycles. The van der Waals surface area contributed by atoms with Crippen molar-refractivity contribution < 1.29 is 4.74 Å². The zero-order valence-corrected chi connectivity index (χ0v) is 7.60. The van der Waals surface area contributed by atoms with Crippen molar-refractivity contribution in [3.8, 4) is 0 Å². The Morgan fingerprint density at radius 3 is 3.14 bits per heavy atom. The van der Waals surface area contributed by atoms with Crippen molar-refractivity contribution in [2.24, 2.45) is 0 Å². The van der Waals surface area contributed by atoms with E-state index in [1.807, 2.05) is 24.4 Å². The third-order valence-electron chi connectivity index (χ3n) is 2.44. The van der Waals surface area contributed by atoms with E-state index in [1.165, 1.54) is 5.39 Å². The van der Waals surface area contributed by atoms with E-state index >= 15 is 0 Å². The number of hydrogen-bond acceptors (Lipinski definition) is 2. The van der Waals surface area contributed by atoms with Crippen LogP contribution in [0.4, 0.5) is 0 Å². The van der Waals surface area contributed by atoms with Gasteiger partial charge in [0.15, 0.2) is 0 Å². The molecule has 1 aliphatic rings. The molecule has 0 saturated heterocycles. The Bertz CT molecular complexity index is 601. The lowest BCUT2D eigenvalue weighted by molar-refractivity contribution is 0.346. The number of ether oxygens (including phenoxy) is 1. The summed E-state index contributed by atoms with van der Waals surface area (Å²) >= 11 is 0. The van der Waals surface area contributed by atoms with Gasteiger partial charge in [0.25, 0.3) is 0 Å². The quantitative estimate of drug-likeness (QED) is 0.602. The van der Waals surface area contributed by atoms with Gasteiger partial charge in [0.1, 0.15) is 6.61 Å². The highest BCUT2D eigenvalue weighted by Crippen LogP contribution is 2.05. The summed E-state index contributed by atoms with van der Waals surface area (Å²) in [7, 11) is 0. The normalized spacial score (nSPS) is 13.7. The van der Waals surface area contributed by atoms with Crippen LogP contribution in [0.2, 0.25) is 0 Å². The van der Waals surface area contributed by atoms with Gasteiger partial charge in [-0.05, 0) is 11.5 Å². The lowest BCUT2D eigenvalue weighted by Crippen LogP contribution is -2.31. The van der Waals surface area contributed by atoms with Crippen molar-refractivity contribution in [1.29, 1.82) is 0 Å². The monoisotopic (exact) mass is 183 g/mol. The molecule has 0 fully saturated rings. The van der Waals surface area contributed by atoms with E-state index in [2.05, 4.69) is 17.1 Å². The number of nitrogens with zero attached hydrogens (tertiary/aromatic N) is 1. The number of pyridine rings is 1. The number of hydrogen-bond donors (Lipinski definition) is 0. The fourth-order valence-corrected chi connectivity index (χ4v) is 1.75. The molecule has 0 amide bonds. The van der Waals surface area contributed by atoms with Gasteiger partial charge in [-0.25, -0.2) is 0 Å². The van der Waals surface area contributed by atoms with Crippen molar-refractivity contribution in [2.45, 2.75) is 0 Å². The second-order valence-electron chi connectivity index (χ2n) is 3.30. The Hall–Kier alpha value is -1.83. The number of rotatable bonds is 0. The molecule has 0 bridgehead atoms. The first kappa shape index (κ1) is 7.56. The Morgan fingerprint density at radius 1 is 1.21 bits per heavy atom. The lowest BCUT2D eigenvalue weighted by atomic mass is 10.1. The van der Waals surface area contributed by atoms with Crippen LogP contribution in [0.25, 0.3) is 23.1 Å². The summed E-state index contributed by atoms with van der Waals surface area (Å²) in [4.78, 5) is 4.38. The number of benzene rings is 1. The molecule has 1 aromatic heterocycles. The van der Waals surface area contributed by atoms with Gasteiger partial charge in [-0.1, -0.05) is 24.3 Å². The standard InChI is InChI=1S/C12H9NO/c1-2-4-10-9(3-1)7-13-12-5-6-14-8-11(10)12/h1-5,7-8H,6H2. The largest absolute Gasteiger partial charge is 0.496 e. The van der Waals surface area contributed by atoms with Gasteiger partial charge in [0.05, 0.1) is 11.6 Å². The van der Waals surface area contributed by atoms with Crippen molar-refractivity contribution in [2.75, 3.05) is 6.61 Å². The van der Waals surface area contributed by atoms with E-state index in [0.717, 1.165) is 16.0 Å². The molecule has 0 saturated carbocycles. The molecule has 2 heterocycles. The molecule has 0 atom stereocenters. The van der Waals surface area contributed by atoms with Crippen molar-refractivity contribution in [3.05, 3.63) is 41.0 Å². The average Bonchev–Trinajstić information content (AvgIpc) is 2.29. The van der Waals surface area contributed by atoms with Crippen molar-refractivity contribution in [1.82, 2.24) is 4.98 Å². The van der Waals surface area contributed by atoms with E-state index in [0.29, 0.717) is 6.61 Å². The molecule has 68 valence electrons. The summed E-state index contributed by atoms with van der Waals surface area (Å²) in [6.45, 7) is 0.623. The molecule has 0 spiro atoms. The summed E-state index contributed by atoms with van der Waals surface area (Å²) < 4.78 is 5.28. The van der Waals surface area contributed by atoms with Crippen LogP contribution in [0, 0.1) is 0 Å². The van der Waals surface area contributed by atoms with E-state index < -0.39 is 0 Å². The van der Waals surface area contributed by atoms with Crippen LogP contribution in [-0.2, 0) is 4.74 Å². The molecule has 2 heteroatoms. The van der Waals surface area contributed by atoms with Gasteiger partial charge in [-0.15, -0.1) is 0 Å². The highest BCUT2D eigenvalue weighted by atomic mass is 16.5. The SMILES string of the molecule is C1=c2ncc3ccccc3c2=COC1. The molecular formula is C12H9NO. The molecule has 0 radical (unpaired) electrons. The zero-order chi connectivity index (χ0) is 9.38. The van der Waals surface area contributed by atoms with Crippen LogP contribution in [0.1, 0.15) is 0 Å². The summed E-state index contributed by atoms with van der Waals surface area (Å²) in [5.74, 6) is 0. The molecule has 1 aromatic carbocycles. The fraction of sp³-hybridized carbons (Fsp3) is 0.0833. The van der Waals surface area contributed by atoms with Crippen molar-refractivity contribution >= 4 is 23.1 Å². The highest BCUT2D eigenvalue weighted by Gasteiger charge is 1.99. The van der Waals surface area contributed by atoms with Gasteiger partial charge in [0.2, 0.25) is 0 Å². The van der Waals surface area contributed by atoms with Crippen LogP contribution in [0.5, 0.6) is 0 Å². The minimum absolute atomic E-state index is 0.623. The van der Waals surface area contributed by atoms with E-state index in [1.54, 1.807) is 6.26 Å². The first-order valence-electron chi connectivity index (χ1n) is 4.61. The zero-order valence-electron chi connectivity index (χ0n) is 7.60. The first-order valence-corrected chi connectivity index (χ1v) is 4.61. The van der Waals surface area contributed by atoms with Gasteiger partial charge < -0.3 is 4.74 Å². The predicted octanol–water partition coefficient (Wildman–Crippen LogP) is 0.783. The van der Waals surface area contributed by atoms with Gasteiger partial charge in [0, 0.05) is 16.8 Å². The smallest absolute Gasteiger partial charge is 0.108 e. The van der Waals surface area contributed by atoms with Crippen LogP contribution in [-0.4, -0.2) is 11.6 Å². The molecule has 2 aromatic rings. The van der Waals surface area contributed by atoms with E-state index in [-0.39, 0.29) is 0 Å². The Balaban J connectivity index is 2.60. The topological polar surface area (TPSA) is 22.1 Å². The molecule has 3 rings (SSSR count). The first-order chi connectivity index (χ1) is 6.95. The number of aromatic nitrogens is 1. The maximum atomic E-state index is 5.28. The highest BCUT2D eigenvalue weighted by molar-refractivity contribution is 5.82. The summed E-state index contributed by atoms with van der Waals surface area (Å²) in [5, 5.41) is 4.47. The third kappa shape index (κ3) is 1.01. The molecule has 14 heavy (non-hydrogen) atoms.